The molecule has 3 aromatic rings. The molecule has 0 unspecified atom stereocenters. The van der Waals surface area contributed by atoms with E-state index in [9.17, 15) is 13.2 Å². The van der Waals surface area contributed by atoms with Crippen LogP contribution in [-0.4, -0.2) is 35.5 Å². The minimum absolute atomic E-state index is 0.0329. The van der Waals surface area contributed by atoms with E-state index in [0.717, 1.165) is 31.2 Å². The Morgan fingerprint density at radius 1 is 1.10 bits per heavy atom. The summed E-state index contributed by atoms with van der Waals surface area (Å²) in [5.41, 5.74) is 1.59. The van der Waals surface area contributed by atoms with Gasteiger partial charge in [0.1, 0.15) is 5.82 Å². The van der Waals surface area contributed by atoms with E-state index in [1.165, 1.54) is 12.1 Å². The van der Waals surface area contributed by atoms with Crippen LogP contribution in [0.1, 0.15) is 41.9 Å². The summed E-state index contributed by atoms with van der Waals surface area (Å²) in [5, 5.41) is 9.72. The van der Waals surface area contributed by atoms with E-state index in [1.807, 2.05) is 13.0 Å². The second kappa shape index (κ2) is 8.37. The molecule has 2 aromatic carbocycles. The first-order valence-electron chi connectivity index (χ1n) is 9.84. The van der Waals surface area contributed by atoms with Gasteiger partial charge in [-0.05, 0) is 50.1 Å². The first-order valence-corrected chi connectivity index (χ1v) is 11.3. The number of carbonyl (C=O) groups excluding carboxylic acids is 1. The molecule has 0 radical (unpaired) electrons. The average Bonchev–Trinajstić information content (AvgIpc) is 3.40. The number of nitrogens with one attached hydrogen (secondary N) is 3. The van der Waals surface area contributed by atoms with Crippen molar-refractivity contribution in [3.63, 3.8) is 0 Å². The molecular formula is C21H23N5O3S. The van der Waals surface area contributed by atoms with Crippen LogP contribution < -0.4 is 10.0 Å². The highest BCUT2D eigenvalue weighted by molar-refractivity contribution is 7.89. The predicted octanol–water partition coefficient (Wildman–Crippen LogP) is 3.25. The minimum Gasteiger partial charge on any atom is -0.322 e. The number of carbonyl (C=O) groups is 1. The predicted molar refractivity (Wildman–Crippen MR) is 114 cm³/mol. The number of amides is 1. The highest BCUT2D eigenvalue weighted by Gasteiger charge is 2.23. The Balaban J connectivity index is 1.51. The zero-order valence-electron chi connectivity index (χ0n) is 16.6. The number of nitrogens with zero attached hydrogens (tertiary/aromatic N) is 2. The zero-order chi connectivity index (χ0) is 21.1. The van der Waals surface area contributed by atoms with Crippen molar-refractivity contribution in [1.29, 1.82) is 0 Å². The molecule has 1 fully saturated rings. The third kappa shape index (κ3) is 4.58. The molecule has 1 aliphatic rings. The van der Waals surface area contributed by atoms with Crippen molar-refractivity contribution in [1.82, 2.24) is 19.9 Å². The van der Waals surface area contributed by atoms with Gasteiger partial charge >= 0.3 is 0 Å². The van der Waals surface area contributed by atoms with Gasteiger partial charge in [0.25, 0.3) is 5.91 Å². The Hall–Kier alpha value is -3.04. The standard InChI is InChI=1S/C21H23N5O3S/c1-14-22-20(25-24-14)15-6-4-10-18(12-15)23-21(27)16-7-5-11-19(13-16)30(28,29)26-17-8-2-3-9-17/h4-7,10-13,17,26H,2-3,8-9H2,1H3,(H,23,27)(H,22,24,25). The number of aromatic nitrogens is 3. The van der Waals surface area contributed by atoms with E-state index in [4.69, 9.17) is 0 Å². The van der Waals surface area contributed by atoms with Gasteiger partial charge in [0.05, 0.1) is 4.90 Å². The van der Waals surface area contributed by atoms with Crippen LogP contribution in [0.5, 0.6) is 0 Å². The Morgan fingerprint density at radius 3 is 2.60 bits per heavy atom. The minimum atomic E-state index is -3.66. The second-order valence-electron chi connectivity index (χ2n) is 7.41. The lowest BCUT2D eigenvalue weighted by Gasteiger charge is -2.13. The second-order valence-corrected chi connectivity index (χ2v) is 9.12. The summed E-state index contributed by atoms with van der Waals surface area (Å²) >= 11 is 0. The molecule has 1 aliphatic carbocycles. The molecular weight excluding hydrogens is 402 g/mol. The van der Waals surface area contributed by atoms with Crippen LogP contribution in [0.15, 0.2) is 53.4 Å². The molecule has 0 saturated heterocycles. The molecule has 0 spiro atoms. The van der Waals surface area contributed by atoms with E-state index in [0.29, 0.717) is 17.3 Å². The highest BCUT2D eigenvalue weighted by Crippen LogP contribution is 2.22. The summed E-state index contributed by atoms with van der Waals surface area (Å²) in [4.78, 5) is 17.1. The van der Waals surface area contributed by atoms with E-state index < -0.39 is 15.9 Å². The van der Waals surface area contributed by atoms with Crippen LogP contribution in [0.25, 0.3) is 11.4 Å². The van der Waals surface area contributed by atoms with Crippen molar-refractivity contribution in [2.45, 2.75) is 43.5 Å². The summed E-state index contributed by atoms with van der Waals surface area (Å²) < 4.78 is 28.1. The van der Waals surface area contributed by atoms with Crippen molar-refractivity contribution < 1.29 is 13.2 Å². The number of hydrogen-bond donors (Lipinski definition) is 3. The van der Waals surface area contributed by atoms with Crippen molar-refractivity contribution in [3.8, 4) is 11.4 Å². The smallest absolute Gasteiger partial charge is 0.255 e. The SMILES string of the molecule is Cc1nc(-c2cccc(NC(=O)c3cccc(S(=O)(=O)NC4CCCC4)c3)c2)n[nH]1. The Labute approximate surface area is 175 Å². The van der Waals surface area contributed by atoms with Gasteiger partial charge in [-0.3, -0.25) is 9.89 Å². The van der Waals surface area contributed by atoms with Gasteiger partial charge in [0.15, 0.2) is 5.82 Å². The number of sulfonamides is 1. The number of H-pyrrole nitrogens is 1. The molecule has 1 aromatic heterocycles. The van der Waals surface area contributed by atoms with Gasteiger partial charge in [0.2, 0.25) is 10.0 Å². The third-order valence-electron chi connectivity index (χ3n) is 5.06. The molecule has 1 heterocycles. The number of aryl methyl sites for hydroxylation is 1. The fourth-order valence-electron chi connectivity index (χ4n) is 3.55. The van der Waals surface area contributed by atoms with E-state index in [1.54, 1.807) is 30.3 Å². The number of hydrogen-bond acceptors (Lipinski definition) is 5. The number of anilines is 1. The molecule has 156 valence electrons. The molecule has 0 aliphatic heterocycles. The summed E-state index contributed by atoms with van der Waals surface area (Å²) in [6.45, 7) is 1.81. The van der Waals surface area contributed by atoms with Crippen LogP contribution in [0.4, 0.5) is 5.69 Å². The maximum atomic E-state index is 12.7. The lowest BCUT2D eigenvalue weighted by atomic mass is 10.1. The third-order valence-corrected chi connectivity index (χ3v) is 6.58. The highest BCUT2D eigenvalue weighted by atomic mass is 32.2. The maximum Gasteiger partial charge on any atom is 0.255 e. The van der Waals surface area contributed by atoms with Crippen LogP contribution >= 0.6 is 0 Å². The Morgan fingerprint density at radius 2 is 1.87 bits per heavy atom. The van der Waals surface area contributed by atoms with E-state index in [-0.39, 0.29) is 16.5 Å². The van der Waals surface area contributed by atoms with Crippen molar-refractivity contribution >= 4 is 21.6 Å². The molecule has 3 N–H and O–H groups in total. The maximum absolute atomic E-state index is 12.7. The van der Waals surface area contributed by atoms with Gasteiger partial charge in [-0.15, -0.1) is 0 Å². The first-order chi connectivity index (χ1) is 14.4. The van der Waals surface area contributed by atoms with Gasteiger partial charge < -0.3 is 5.32 Å². The summed E-state index contributed by atoms with van der Waals surface area (Å²) in [7, 11) is -3.66. The number of aromatic amines is 1. The lowest BCUT2D eigenvalue weighted by molar-refractivity contribution is 0.102. The van der Waals surface area contributed by atoms with Crippen LogP contribution in [0, 0.1) is 6.92 Å². The fourth-order valence-corrected chi connectivity index (χ4v) is 4.90. The van der Waals surface area contributed by atoms with E-state index >= 15 is 0 Å². The molecule has 0 bridgehead atoms. The molecule has 1 saturated carbocycles. The Kier molecular flexibility index (Phi) is 5.65. The fraction of sp³-hybridized carbons (Fsp3) is 0.286. The monoisotopic (exact) mass is 425 g/mol. The summed E-state index contributed by atoms with van der Waals surface area (Å²) in [6, 6.07) is 13.2. The van der Waals surface area contributed by atoms with Gasteiger partial charge in [-0.2, -0.15) is 5.10 Å². The number of benzene rings is 2. The Bertz CT molecular complexity index is 1170. The van der Waals surface area contributed by atoms with Crippen molar-refractivity contribution in [2.75, 3.05) is 5.32 Å². The van der Waals surface area contributed by atoms with E-state index in [2.05, 4.69) is 25.2 Å². The number of rotatable bonds is 6. The summed E-state index contributed by atoms with van der Waals surface area (Å²) in [6.07, 6.45) is 3.75. The van der Waals surface area contributed by atoms with Crippen molar-refractivity contribution in [3.05, 3.63) is 59.9 Å². The van der Waals surface area contributed by atoms with Crippen LogP contribution in [-0.2, 0) is 10.0 Å². The lowest BCUT2D eigenvalue weighted by Crippen LogP contribution is -2.32. The topological polar surface area (TPSA) is 117 Å². The van der Waals surface area contributed by atoms with Crippen molar-refractivity contribution in [2.24, 2.45) is 0 Å². The van der Waals surface area contributed by atoms with Crippen LogP contribution in [0.2, 0.25) is 0 Å². The normalized spacial score (nSPS) is 14.7. The molecule has 9 heteroatoms. The molecule has 0 atom stereocenters. The molecule has 8 nitrogen and oxygen atoms in total. The molecule has 4 rings (SSSR count). The largest absolute Gasteiger partial charge is 0.322 e. The van der Waals surface area contributed by atoms with Gasteiger partial charge in [-0.25, -0.2) is 18.1 Å². The zero-order valence-corrected chi connectivity index (χ0v) is 17.4. The quantitative estimate of drug-likeness (QED) is 0.560. The van der Waals surface area contributed by atoms with Crippen LogP contribution in [0.3, 0.4) is 0 Å². The average molecular weight is 426 g/mol. The van der Waals surface area contributed by atoms with Gasteiger partial charge in [0, 0.05) is 22.9 Å². The first kappa shape index (κ1) is 20.2. The molecule has 30 heavy (non-hydrogen) atoms. The van der Waals surface area contributed by atoms with Gasteiger partial charge in [-0.1, -0.05) is 31.0 Å². The summed E-state index contributed by atoms with van der Waals surface area (Å²) in [5.74, 6) is 0.842. The molecule has 1 amide bonds.